The number of hydrogen-bond donors (Lipinski definition) is 0. The lowest BCUT2D eigenvalue weighted by Crippen LogP contribution is -2.10. The minimum atomic E-state index is -0.432. The molecule has 0 aliphatic rings. The summed E-state index contributed by atoms with van der Waals surface area (Å²) in [5.41, 5.74) is 8.18. The number of hydrogen-bond acceptors (Lipinski definition) is 7. The van der Waals surface area contributed by atoms with E-state index >= 15 is 0 Å². The maximum Gasteiger partial charge on any atom is 0.330 e. The molecule has 43 heavy (non-hydrogen) atoms. The van der Waals surface area contributed by atoms with E-state index in [4.69, 9.17) is 14.2 Å². The Kier molecular flexibility index (Phi) is 10.9. The molecule has 0 heterocycles. The van der Waals surface area contributed by atoms with Crippen LogP contribution >= 0.6 is 0 Å². The van der Waals surface area contributed by atoms with Gasteiger partial charge in [0.2, 0.25) is 0 Å². The van der Waals surface area contributed by atoms with Gasteiger partial charge in [-0.05, 0) is 70.8 Å². The normalized spacial score (nSPS) is 10.5. The molecule has 0 aliphatic heterocycles. The van der Waals surface area contributed by atoms with Crippen molar-refractivity contribution in [2.24, 2.45) is 0 Å². The largest absolute Gasteiger partial charge is 0.458 e. The van der Waals surface area contributed by atoms with E-state index in [-0.39, 0.29) is 13.2 Å². The van der Waals surface area contributed by atoms with Gasteiger partial charge in [-0.3, -0.25) is 0 Å². The second kappa shape index (κ2) is 15.2. The molecule has 4 aromatic carbocycles. The standard InChI is InChI=1S/C36H36N2O5/c1-5-35(39)42-25-29-11-19-33(20-12-29)37(3)31-15-7-27(8-16-31)23-41-24-28-9-17-32(18-10-28)38(4)34-21-13-30(14-22-34)26-43-36(40)6-2/h5-22H,1-2,23-26H2,3-4H3. The lowest BCUT2D eigenvalue weighted by molar-refractivity contribution is -0.139. The first-order chi connectivity index (χ1) is 20.9. The van der Waals surface area contributed by atoms with Crippen LogP contribution in [0.4, 0.5) is 22.7 Å². The van der Waals surface area contributed by atoms with Crippen LogP contribution in [0.25, 0.3) is 0 Å². The third-order valence-electron chi connectivity index (χ3n) is 6.93. The molecule has 0 spiro atoms. The highest BCUT2D eigenvalue weighted by Crippen LogP contribution is 2.26. The second-order valence-electron chi connectivity index (χ2n) is 9.90. The predicted octanol–water partition coefficient (Wildman–Crippen LogP) is 7.40. The van der Waals surface area contributed by atoms with Crippen molar-refractivity contribution in [2.75, 3.05) is 23.9 Å². The highest BCUT2D eigenvalue weighted by atomic mass is 16.5. The number of anilines is 4. The van der Waals surface area contributed by atoms with Crippen LogP contribution in [-0.4, -0.2) is 26.0 Å². The van der Waals surface area contributed by atoms with Crippen LogP contribution in [0.3, 0.4) is 0 Å². The predicted molar refractivity (Wildman–Crippen MR) is 170 cm³/mol. The van der Waals surface area contributed by atoms with Crippen molar-refractivity contribution >= 4 is 34.7 Å². The van der Waals surface area contributed by atoms with Crippen molar-refractivity contribution in [1.29, 1.82) is 0 Å². The first-order valence-electron chi connectivity index (χ1n) is 13.9. The molecule has 0 unspecified atom stereocenters. The molecular formula is C36H36N2O5. The van der Waals surface area contributed by atoms with Gasteiger partial charge in [-0.2, -0.15) is 0 Å². The summed E-state index contributed by atoms with van der Waals surface area (Å²) in [5.74, 6) is -0.864. The van der Waals surface area contributed by atoms with Crippen LogP contribution in [0.15, 0.2) is 122 Å². The van der Waals surface area contributed by atoms with E-state index in [2.05, 4.69) is 71.5 Å². The molecule has 0 atom stereocenters. The Hall–Kier alpha value is -5.14. The molecule has 220 valence electrons. The first kappa shape index (κ1) is 30.8. The molecule has 0 saturated carbocycles. The highest BCUT2D eigenvalue weighted by Gasteiger charge is 2.07. The summed E-state index contributed by atoms with van der Waals surface area (Å²) in [6.07, 6.45) is 2.32. The van der Waals surface area contributed by atoms with Crippen molar-refractivity contribution < 1.29 is 23.8 Å². The fourth-order valence-electron chi connectivity index (χ4n) is 4.27. The maximum absolute atomic E-state index is 11.3. The number of carbonyl (C=O) groups excluding carboxylic acids is 2. The van der Waals surface area contributed by atoms with Crippen molar-refractivity contribution in [1.82, 2.24) is 0 Å². The molecule has 7 nitrogen and oxygen atoms in total. The molecule has 0 aliphatic carbocycles. The Morgan fingerprint density at radius 2 is 0.767 bits per heavy atom. The number of nitrogens with zero attached hydrogens (tertiary/aromatic N) is 2. The monoisotopic (exact) mass is 576 g/mol. The van der Waals surface area contributed by atoms with Crippen LogP contribution in [0.2, 0.25) is 0 Å². The van der Waals surface area contributed by atoms with Crippen LogP contribution in [0.5, 0.6) is 0 Å². The fourth-order valence-corrected chi connectivity index (χ4v) is 4.27. The number of esters is 2. The highest BCUT2D eigenvalue weighted by molar-refractivity contribution is 5.81. The molecular weight excluding hydrogens is 540 g/mol. The van der Waals surface area contributed by atoms with E-state index in [1.807, 2.05) is 62.6 Å². The molecule has 0 amide bonds. The molecule has 7 heteroatoms. The summed E-state index contributed by atoms with van der Waals surface area (Å²) >= 11 is 0. The van der Waals surface area contributed by atoms with E-state index in [1.54, 1.807) is 0 Å². The summed E-state index contributed by atoms with van der Waals surface area (Å²) in [7, 11) is 4.02. The molecule has 4 aromatic rings. The average molecular weight is 577 g/mol. The number of rotatable bonds is 14. The van der Waals surface area contributed by atoms with E-state index < -0.39 is 11.9 Å². The number of benzene rings is 4. The smallest absolute Gasteiger partial charge is 0.330 e. The minimum absolute atomic E-state index is 0.221. The SMILES string of the molecule is C=CC(=O)OCc1ccc(N(C)c2ccc(COCc3ccc(N(C)c4ccc(COC(=O)C=C)cc4)cc3)cc2)cc1. The van der Waals surface area contributed by atoms with Crippen LogP contribution in [0.1, 0.15) is 22.3 Å². The van der Waals surface area contributed by atoms with Crippen molar-refractivity contribution in [2.45, 2.75) is 26.4 Å². The summed E-state index contributed by atoms with van der Waals surface area (Å²) in [4.78, 5) is 26.7. The minimum Gasteiger partial charge on any atom is -0.458 e. The van der Waals surface area contributed by atoms with Crippen molar-refractivity contribution in [3.63, 3.8) is 0 Å². The van der Waals surface area contributed by atoms with Gasteiger partial charge >= 0.3 is 11.9 Å². The third kappa shape index (κ3) is 8.92. The third-order valence-corrected chi connectivity index (χ3v) is 6.93. The lowest BCUT2D eigenvalue weighted by Gasteiger charge is -2.20. The van der Waals surface area contributed by atoms with Gasteiger partial charge in [0.25, 0.3) is 0 Å². The van der Waals surface area contributed by atoms with E-state index in [9.17, 15) is 9.59 Å². The Bertz CT molecular complexity index is 1400. The maximum atomic E-state index is 11.3. The fraction of sp³-hybridized carbons (Fsp3) is 0.167. The number of ether oxygens (including phenoxy) is 3. The van der Waals surface area contributed by atoms with Gasteiger partial charge in [-0.1, -0.05) is 61.7 Å². The van der Waals surface area contributed by atoms with Crippen LogP contribution in [0, 0.1) is 0 Å². The van der Waals surface area contributed by atoms with Gasteiger partial charge in [0.05, 0.1) is 13.2 Å². The zero-order chi connectivity index (χ0) is 30.6. The Morgan fingerprint density at radius 1 is 0.512 bits per heavy atom. The Labute approximate surface area is 253 Å². The molecule has 0 saturated heterocycles. The summed E-state index contributed by atoms with van der Waals surface area (Å²) < 4.78 is 16.2. The van der Waals surface area contributed by atoms with Crippen LogP contribution in [-0.2, 0) is 50.2 Å². The Morgan fingerprint density at radius 3 is 1.02 bits per heavy atom. The first-order valence-corrected chi connectivity index (χ1v) is 13.9. The quantitative estimate of drug-likeness (QED) is 0.114. The Balaban J connectivity index is 1.24. The molecule has 0 fully saturated rings. The molecule has 0 aromatic heterocycles. The summed E-state index contributed by atoms with van der Waals surface area (Å²) in [6, 6.07) is 32.3. The summed E-state index contributed by atoms with van der Waals surface area (Å²) in [6.45, 7) is 8.28. The van der Waals surface area contributed by atoms with Crippen LogP contribution < -0.4 is 9.80 Å². The topological polar surface area (TPSA) is 68.3 Å². The zero-order valence-corrected chi connectivity index (χ0v) is 24.6. The molecule has 0 bridgehead atoms. The van der Waals surface area contributed by atoms with Gasteiger partial charge in [0, 0.05) is 49.0 Å². The zero-order valence-electron chi connectivity index (χ0n) is 24.6. The summed E-state index contributed by atoms with van der Waals surface area (Å²) in [5, 5.41) is 0. The van der Waals surface area contributed by atoms with Gasteiger partial charge in [-0.25, -0.2) is 9.59 Å². The van der Waals surface area contributed by atoms with Gasteiger partial charge in [0.1, 0.15) is 13.2 Å². The van der Waals surface area contributed by atoms with E-state index in [0.29, 0.717) is 13.2 Å². The van der Waals surface area contributed by atoms with Gasteiger partial charge in [-0.15, -0.1) is 0 Å². The van der Waals surface area contributed by atoms with Crippen molar-refractivity contribution in [3.8, 4) is 0 Å². The average Bonchev–Trinajstić information content (AvgIpc) is 3.06. The van der Waals surface area contributed by atoms with E-state index in [0.717, 1.165) is 57.2 Å². The lowest BCUT2D eigenvalue weighted by atomic mass is 10.1. The molecule has 0 radical (unpaired) electrons. The van der Waals surface area contributed by atoms with Crippen molar-refractivity contribution in [3.05, 3.63) is 145 Å². The van der Waals surface area contributed by atoms with Gasteiger partial charge in [0.15, 0.2) is 0 Å². The second-order valence-corrected chi connectivity index (χ2v) is 9.90. The number of carbonyl (C=O) groups is 2. The van der Waals surface area contributed by atoms with E-state index in [1.165, 1.54) is 0 Å². The molecule has 0 N–H and O–H groups in total. The van der Waals surface area contributed by atoms with Gasteiger partial charge < -0.3 is 24.0 Å². The molecule has 4 rings (SSSR count).